The Labute approximate surface area is 178 Å². The second kappa shape index (κ2) is 11.3. The zero-order valence-electron chi connectivity index (χ0n) is 18.3. The molecule has 30 heavy (non-hydrogen) atoms. The van der Waals surface area contributed by atoms with E-state index < -0.39 is 0 Å². The van der Waals surface area contributed by atoms with E-state index in [9.17, 15) is 4.79 Å². The lowest BCUT2D eigenvalue weighted by Crippen LogP contribution is -2.37. The number of carbonyl (C=O) groups is 1. The molecule has 2 unspecified atom stereocenters. The predicted molar refractivity (Wildman–Crippen MR) is 122 cm³/mol. The molecule has 7 nitrogen and oxygen atoms in total. The number of nitrogens with two attached hydrogens (primary N) is 1. The molecule has 0 radical (unpaired) electrons. The van der Waals surface area contributed by atoms with E-state index in [1.165, 1.54) is 0 Å². The van der Waals surface area contributed by atoms with Gasteiger partial charge in [0.25, 0.3) is 0 Å². The van der Waals surface area contributed by atoms with Crippen molar-refractivity contribution in [1.29, 1.82) is 0 Å². The van der Waals surface area contributed by atoms with Gasteiger partial charge >= 0.3 is 0 Å². The molecule has 1 fully saturated rings. The third-order valence-corrected chi connectivity index (χ3v) is 5.01. The van der Waals surface area contributed by atoms with Gasteiger partial charge in [-0.05, 0) is 46.5 Å². The van der Waals surface area contributed by atoms with E-state index in [-0.39, 0.29) is 17.7 Å². The number of anilines is 1. The normalized spacial score (nSPS) is 17.4. The maximum absolute atomic E-state index is 11.7. The van der Waals surface area contributed by atoms with Crippen LogP contribution in [0.4, 0.5) is 5.82 Å². The molecule has 2 aromatic rings. The summed E-state index contributed by atoms with van der Waals surface area (Å²) < 4.78 is 1.89. The van der Waals surface area contributed by atoms with Gasteiger partial charge in [-0.25, -0.2) is 9.98 Å². The molecule has 0 amide bonds. The van der Waals surface area contributed by atoms with Crippen molar-refractivity contribution in [2.75, 3.05) is 32.9 Å². The minimum Gasteiger partial charge on any atom is -0.381 e. The smallest absolute Gasteiger partial charge is 0.172 e. The summed E-state index contributed by atoms with van der Waals surface area (Å²) in [5, 5.41) is 6.13. The van der Waals surface area contributed by atoms with E-state index in [0.29, 0.717) is 16.9 Å². The number of Topliss-reactive ketones (excluding diaryl/α,β-unsaturated/α-hetero) is 1. The molecule has 7 heteroatoms. The first-order valence-corrected chi connectivity index (χ1v) is 10.1. The van der Waals surface area contributed by atoms with Crippen LogP contribution in [0.2, 0.25) is 0 Å². The number of piperidine rings is 1. The van der Waals surface area contributed by atoms with Crippen LogP contribution in [-0.4, -0.2) is 48.6 Å². The minimum absolute atomic E-state index is 0.0185. The standard InChI is InChI=1S/C21H25N5O.C2H7N/c1-4-18(17-9-6-10-23-12-17)25-21-20(22)24-13-19(26(21)3)16-8-5-7-15(11-16)14(2)27;1-3-2/h1,5,7-8,11,13,17-18,23H,6,9-10,12H2,2-3H3,(H2,22,24);3H,1-2H3. The number of carbonyl (C=O) groups excluding carboxylic acids is 1. The van der Waals surface area contributed by atoms with Crippen molar-refractivity contribution >= 4 is 11.6 Å². The SMILES string of the molecule is C#CC(N=c1c(N)ncc(-c2cccc(C(C)=O)c2)n1C)C1CCCNC1.CNC. The third kappa shape index (κ3) is 5.78. The van der Waals surface area contributed by atoms with Gasteiger partial charge in [-0.15, -0.1) is 6.42 Å². The number of benzene rings is 1. The maximum Gasteiger partial charge on any atom is 0.172 e. The summed E-state index contributed by atoms with van der Waals surface area (Å²) in [7, 11) is 5.64. The van der Waals surface area contributed by atoms with Gasteiger partial charge in [-0.3, -0.25) is 4.79 Å². The van der Waals surface area contributed by atoms with Crippen LogP contribution in [0.3, 0.4) is 0 Å². The Balaban J connectivity index is 0.00000101. The highest BCUT2D eigenvalue weighted by molar-refractivity contribution is 5.95. The lowest BCUT2D eigenvalue weighted by atomic mass is 9.92. The van der Waals surface area contributed by atoms with Crippen LogP contribution in [0, 0.1) is 18.3 Å². The zero-order chi connectivity index (χ0) is 22.1. The maximum atomic E-state index is 11.7. The number of hydrogen-bond donors (Lipinski definition) is 3. The van der Waals surface area contributed by atoms with Gasteiger partial charge in [-0.2, -0.15) is 0 Å². The zero-order valence-corrected chi connectivity index (χ0v) is 18.3. The number of nitrogen functional groups attached to an aromatic ring is 1. The van der Waals surface area contributed by atoms with E-state index in [2.05, 4.69) is 21.5 Å². The Hall–Kier alpha value is -2.95. The Morgan fingerprint density at radius 1 is 1.47 bits per heavy atom. The van der Waals surface area contributed by atoms with Crippen LogP contribution in [0.15, 0.2) is 35.5 Å². The first kappa shape index (κ1) is 23.3. The molecule has 160 valence electrons. The van der Waals surface area contributed by atoms with E-state index in [0.717, 1.165) is 37.2 Å². The monoisotopic (exact) mass is 408 g/mol. The highest BCUT2D eigenvalue weighted by Crippen LogP contribution is 2.20. The first-order chi connectivity index (χ1) is 14.4. The average molecular weight is 409 g/mol. The summed E-state index contributed by atoms with van der Waals surface area (Å²) in [4.78, 5) is 20.8. The quantitative estimate of drug-likeness (QED) is 0.528. The van der Waals surface area contributed by atoms with Crippen molar-refractivity contribution in [3.8, 4) is 23.6 Å². The molecule has 4 N–H and O–H groups in total. The summed E-state index contributed by atoms with van der Waals surface area (Å²) in [6, 6.07) is 7.19. The Morgan fingerprint density at radius 2 is 2.20 bits per heavy atom. The molecular formula is C23H32N6O. The molecule has 1 aromatic heterocycles. The molecular weight excluding hydrogens is 376 g/mol. The predicted octanol–water partition coefficient (Wildman–Crippen LogP) is 1.61. The summed E-state index contributed by atoms with van der Waals surface area (Å²) in [6.07, 6.45) is 9.61. The molecule has 1 aromatic carbocycles. The van der Waals surface area contributed by atoms with Gasteiger partial charge in [0.05, 0.1) is 11.9 Å². The van der Waals surface area contributed by atoms with Gasteiger partial charge in [0, 0.05) is 30.6 Å². The highest BCUT2D eigenvalue weighted by Gasteiger charge is 2.21. The average Bonchev–Trinajstić information content (AvgIpc) is 2.75. The van der Waals surface area contributed by atoms with Crippen LogP contribution in [0.5, 0.6) is 0 Å². The molecule has 0 spiro atoms. The Morgan fingerprint density at radius 3 is 2.80 bits per heavy atom. The van der Waals surface area contributed by atoms with Crippen molar-refractivity contribution in [1.82, 2.24) is 20.2 Å². The second-order valence-corrected chi connectivity index (χ2v) is 7.40. The summed E-state index contributed by atoms with van der Waals surface area (Å²) in [5.74, 6) is 3.45. The molecule has 0 bridgehead atoms. The molecule has 3 rings (SSSR count). The van der Waals surface area contributed by atoms with Gasteiger partial charge in [-0.1, -0.05) is 24.1 Å². The number of nitrogens with one attached hydrogen (secondary N) is 2. The lowest BCUT2D eigenvalue weighted by Gasteiger charge is -2.25. The fraction of sp³-hybridized carbons (Fsp3) is 0.435. The number of terminal acetylenes is 1. The van der Waals surface area contributed by atoms with Crippen LogP contribution >= 0.6 is 0 Å². The Kier molecular flexibility index (Phi) is 8.78. The van der Waals surface area contributed by atoms with Gasteiger partial charge in [0.1, 0.15) is 6.04 Å². The van der Waals surface area contributed by atoms with E-state index in [1.54, 1.807) is 19.2 Å². The molecule has 2 atom stereocenters. The van der Waals surface area contributed by atoms with Crippen molar-refractivity contribution in [2.24, 2.45) is 18.0 Å². The largest absolute Gasteiger partial charge is 0.381 e. The summed E-state index contributed by atoms with van der Waals surface area (Å²) in [6.45, 7) is 3.43. The number of ketones is 1. The van der Waals surface area contributed by atoms with Crippen LogP contribution in [0.25, 0.3) is 11.3 Å². The highest BCUT2D eigenvalue weighted by atomic mass is 16.1. The number of rotatable bonds is 4. The summed E-state index contributed by atoms with van der Waals surface area (Å²) >= 11 is 0. The first-order valence-electron chi connectivity index (χ1n) is 10.1. The molecule has 1 aliphatic heterocycles. The van der Waals surface area contributed by atoms with E-state index >= 15 is 0 Å². The topological polar surface area (TPSA) is 97.3 Å². The minimum atomic E-state index is -0.257. The number of nitrogens with zero attached hydrogens (tertiary/aromatic N) is 3. The number of hydrogen-bond acceptors (Lipinski definition) is 6. The third-order valence-electron chi connectivity index (χ3n) is 5.01. The fourth-order valence-corrected chi connectivity index (χ4v) is 3.44. The number of aromatic nitrogens is 2. The van der Waals surface area contributed by atoms with Crippen molar-refractivity contribution in [2.45, 2.75) is 25.8 Å². The van der Waals surface area contributed by atoms with Crippen molar-refractivity contribution < 1.29 is 4.79 Å². The van der Waals surface area contributed by atoms with Gasteiger partial charge < -0.3 is 20.9 Å². The van der Waals surface area contributed by atoms with Crippen LogP contribution < -0.4 is 21.9 Å². The second-order valence-electron chi connectivity index (χ2n) is 7.40. The van der Waals surface area contributed by atoms with E-state index in [1.807, 2.05) is 43.9 Å². The lowest BCUT2D eigenvalue weighted by molar-refractivity contribution is 0.101. The van der Waals surface area contributed by atoms with Gasteiger partial charge in [0.2, 0.25) is 0 Å². The molecule has 1 aliphatic rings. The molecule has 0 saturated carbocycles. The van der Waals surface area contributed by atoms with Crippen molar-refractivity contribution in [3.63, 3.8) is 0 Å². The molecule has 1 saturated heterocycles. The van der Waals surface area contributed by atoms with Crippen LogP contribution in [0.1, 0.15) is 30.1 Å². The Bertz CT molecular complexity index is 966. The van der Waals surface area contributed by atoms with Gasteiger partial charge in [0.15, 0.2) is 17.1 Å². The van der Waals surface area contributed by atoms with Crippen molar-refractivity contribution in [3.05, 3.63) is 41.5 Å². The van der Waals surface area contributed by atoms with Crippen LogP contribution in [-0.2, 0) is 7.05 Å². The summed E-state index contributed by atoms with van der Waals surface area (Å²) in [5.41, 5.74) is 9.03. The van der Waals surface area contributed by atoms with E-state index in [4.69, 9.17) is 17.1 Å². The molecule has 2 heterocycles. The fourth-order valence-electron chi connectivity index (χ4n) is 3.44. The molecule has 0 aliphatic carbocycles.